The van der Waals surface area contributed by atoms with Crippen LogP contribution in [0.15, 0.2) is 83.9 Å². The van der Waals surface area contributed by atoms with Crippen LogP contribution in [0.4, 0.5) is 5.69 Å². The molecule has 4 aromatic rings. The molecule has 0 spiro atoms. The first-order valence-corrected chi connectivity index (χ1v) is 10.6. The van der Waals surface area contributed by atoms with E-state index in [4.69, 9.17) is 4.99 Å². The van der Waals surface area contributed by atoms with Crippen LogP contribution in [0.3, 0.4) is 0 Å². The molecule has 0 aliphatic rings. The summed E-state index contributed by atoms with van der Waals surface area (Å²) in [5.74, 6) is 0. The first-order valence-electron chi connectivity index (χ1n) is 10.6. The van der Waals surface area contributed by atoms with E-state index < -0.39 is 0 Å². The monoisotopic (exact) mass is 392 g/mol. The zero-order valence-corrected chi connectivity index (χ0v) is 18.2. The first kappa shape index (κ1) is 19.9. The smallest absolute Gasteiger partial charge is 0.0630 e. The number of aromatic nitrogens is 1. The molecule has 2 nitrogen and oxygen atoms in total. The minimum absolute atomic E-state index is 0.963. The largest absolute Gasteiger partial charge is 0.317 e. The van der Waals surface area contributed by atoms with Crippen LogP contribution in [0, 0.1) is 20.8 Å². The van der Waals surface area contributed by atoms with Crippen LogP contribution in [-0.4, -0.2) is 10.8 Å². The van der Waals surface area contributed by atoms with Gasteiger partial charge in [0.2, 0.25) is 0 Å². The Bertz CT molecular complexity index is 1180. The van der Waals surface area contributed by atoms with Crippen molar-refractivity contribution in [2.45, 2.75) is 34.1 Å². The Balaban J connectivity index is 1.64. The van der Waals surface area contributed by atoms with Crippen molar-refractivity contribution in [3.63, 3.8) is 0 Å². The van der Waals surface area contributed by atoms with Gasteiger partial charge in [-0.25, -0.2) is 0 Å². The van der Waals surface area contributed by atoms with E-state index in [0.29, 0.717) is 0 Å². The number of aliphatic imine (C=N–C) groups is 1. The molecule has 1 aromatic heterocycles. The Labute approximate surface area is 179 Å². The summed E-state index contributed by atoms with van der Waals surface area (Å²) in [6, 6.07) is 27.6. The number of rotatable bonds is 5. The van der Waals surface area contributed by atoms with Crippen LogP contribution in [0.5, 0.6) is 0 Å². The van der Waals surface area contributed by atoms with Gasteiger partial charge in [-0.05, 0) is 67.6 Å². The van der Waals surface area contributed by atoms with Crippen molar-refractivity contribution in [1.29, 1.82) is 0 Å². The van der Waals surface area contributed by atoms with Crippen LogP contribution in [0.1, 0.15) is 35.0 Å². The highest BCUT2D eigenvalue weighted by molar-refractivity contribution is 5.84. The van der Waals surface area contributed by atoms with E-state index in [2.05, 4.69) is 105 Å². The highest BCUT2D eigenvalue weighted by Crippen LogP contribution is 2.27. The van der Waals surface area contributed by atoms with E-state index in [-0.39, 0.29) is 0 Å². The van der Waals surface area contributed by atoms with Gasteiger partial charge < -0.3 is 4.57 Å². The Morgan fingerprint density at radius 3 is 2.20 bits per heavy atom. The van der Waals surface area contributed by atoms with E-state index in [0.717, 1.165) is 17.7 Å². The predicted molar refractivity (Wildman–Crippen MR) is 128 cm³/mol. The lowest BCUT2D eigenvalue weighted by Crippen LogP contribution is -2.05. The number of hydrogen-bond acceptors (Lipinski definition) is 1. The molecule has 0 saturated carbocycles. The topological polar surface area (TPSA) is 17.3 Å². The standard InChI is InChI=1S/C28H28N2/c1-5-23-13-9-10-20(2)28(23)30-21(3)18-26(22(30)4)19-29-27-16-14-25(15-17-27)24-11-7-6-8-12-24/h6-19H,5H2,1-4H3. The fraction of sp³-hybridized carbons (Fsp3) is 0.179. The first-order chi connectivity index (χ1) is 14.6. The van der Waals surface area contributed by atoms with Crippen LogP contribution in [-0.2, 0) is 6.42 Å². The molecule has 0 atom stereocenters. The molecule has 150 valence electrons. The molecule has 0 bridgehead atoms. The second-order valence-corrected chi connectivity index (χ2v) is 7.77. The Morgan fingerprint density at radius 2 is 1.50 bits per heavy atom. The van der Waals surface area contributed by atoms with Gasteiger partial charge in [-0.1, -0.05) is 67.6 Å². The molecule has 0 N–H and O–H groups in total. The zero-order valence-electron chi connectivity index (χ0n) is 18.2. The summed E-state index contributed by atoms with van der Waals surface area (Å²) in [6.07, 6.45) is 3.01. The lowest BCUT2D eigenvalue weighted by molar-refractivity contribution is 0.926. The van der Waals surface area contributed by atoms with Gasteiger partial charge in [-0.15, -0.1) is 0 Å². The lowest BCUT2D eigenvalue weighted by Gasteiger charge is -2.17. The number of benzene rings is 3. The zero-order chi connectivity index (χ0) is 21.1. The maximum absolute atomic E-state index is 4.75. The Kier molecular flexibility index (Phi) is 5.67. The number of aryl methyl sites for hydroxylation is 3. The average Bonchev–Trinajstić information content (AvgIpc) is 3.06. The molecule has 1 heterocycles. The molecule has 2 heteroatoms. The summed E-state index contributed by atoms with van der Waals surface area (Å²) < 4.78 is 2.37. The highest BCUT2D eigenvalue weighted by atomic mass is 15.0. The molecule has 0 fully saturated rings. The third-order valence-corrected chi connectivity index (χ3v) is 5.72. The van der Waals surface area contributed by atoms with Crippen molar-refractivity contribution < 1.29 is 0 Å². The molecule has 0 unspecified atom stereocenters. The predicted octanol–water partition coefficient (Wildman–Crippen LogP) is 7.38. The molecule has 3 aromatic carbocycles. The second kappa shape index (κ2) is 8.54. The molecule has 30 heavy (non-hydrogen) atoms. The van der Waals surface area contributed by atoms with E-state index in [9.17, 15) is 0 Å². The van der Waals surface area contributed by atoms with Crippen molar-refractivity contribution in [3.05, 3.63) is 107 Å². The number of nitrogens with zero attached hydrogens (tertiary/aromatic N) is 2. The minimum Gasteiger partial charge on any atom is -0.317 e. The van der Waals surface area contributed by atoms with Crippen molar-refractivity contribution in [2.75, 3.05) is 0 Å². The van der Waals surface area contributed by atoms with Crippen molar-refractivity contribution in [2.24, 2.45) is 4.99 Å². The van der Waals surface area contributed by atoms with Gasteiger partial charge in [-0.2, -0.15) is 0 Å². The van der Waals surface area contributed by atoms with Gasteiger partial charge >= 0.3 is 0 Å². The van der Waals surface area contributed by atoms with Gasteiger partial charge in [0.05, 0.1) is 11.4 Å². The summed E-state index contributed by atoms with van der Waals surface area (Å²) in [7, 11) is 0. The third-order valence-electron chi connectivity index (χ3n) is 5.72. The molecule has 4 rings (SSSR count). The van der Waals surface area contributed by atoms with E-state index >= 15 is 0 Å². The Hall–Kier alpha value is -3.39. The SMILES string of the molecule is CCc1cccc(C)c1-n1c(C)cc(C=Nc2ccc(-c3ccccc3)cc2)c1C. The molecule has 0 saturated heterocycles. The molecule has 0 aliphatic carbocycles. The number of para-hydroxylation sites is 1. The fourth-order valence-electron chi connectivity index (χ4n) is 4.10. The van der Waals surface area contributed by atoms with Crippen molar-refractivity contribution in [3.8, 4) is 16.8 Å². The fourth-order valence-corrected chi connectivity index (χ4v) is 4.10. The molecule has 0 aliphatic heterocycles. The lowest BCUT2D eigenvalue weighted by atomic mass is 10.1. The van der Waals surface area contributed by atoms with Crippen LogP contribution < -0.4 is 0 Å². The molecular formula is C28H28N2. The summed E-state index contributed by atoms with van der Waals surface area (Å²) in [4.78, 5) is 4.75. The normalized spacial score (nSPS) is 11.3. The van der Waals surface area contributed by atoms with Crippen LogP contribution >= 0.6 is 0 Å². The Morgan fingerprint density at radius 1 is 0.800 bits per heavy atom. The van der Waals surface area contributed by atoms with E-state index in [1.807, 2.05) is 12.3 Å². The van der Waals surface area contributed by atoms with Crippen molar-refractivity contribution in [1.82, 2.24) is 4.57 Å². The average molecular weight is 393 g/mol. The molecule has 0 radical (unpaired) electrons. The summed E-state index contributed by atoms with van der Waals surface area (Å²) in [6.45, 7) is 8.76. The van der Waals surface area contributed by atoms with Crippen molar-refractivity contribution >= 4 is 11.9 Å². The highest BCUT2D eigenvalue weighted by Gasteiger charge is 2.14. The van der Waals surface area contributed by atoms with Gasteiger partial charge in [0, 0.05) is 23.2 Å². The quantitative estimate of drug-likeness (QED) is 0.315. The summed E-state index contributed by atoms with van der Waals surface area (Å²) in [5, 5.41) is 0. The minimum atomic E-state index is 0.963. The van der Waals surface area contributed by atoms with Gasteiger partial charge in [0.1, 0.15) is 0 Å². The molecular weight excluding hydrogens is 364 g/mol. The van der Waals surface area contributed by atoms with Crippen LogP contribution in [0.2, 0.25) is 0 Å². The van der Waals surface area contributed by atoms with E-state index in [1.54, 1.807) is 0 Å². The molecule has 0 amide bonds. The summed E-state index contributed by atoms with van der Waals surface area (Å²) >= 11 is 0. The van der Waals surface area contributed by atoms with E-state index in [1.165, 1.54) is 39.3 Å². The van der Waals surface area contributed by atoms with Gasteiger partial charge in [0.25, 0.3) is 0 Å². The van der Waals surface area contributed by atoms with Gasteiger partial charge in [-0.3, -0.25) is 4.99 Å². The maximum atomic E-state index is 4.75. The number of hydrogen-bond donors (Lipinski definition) is 0. The maximum Gasteiger partial charge on any atom is 0.0630 e. The van der Waals surface area contributed by atoms with Crippen LogP contribution in [0.25, 0.3) is 16.8 Å². The van der Waals surface area contributed by atoms with Gasteiger partial charge in [0.15, 0.2) is 0 Å². The second-order valence-electron chi connectivity index (χ2n) is 7.77. The summed E-state index contributed by atoms with van der Waals surface area (Å²) in [5.41, 5.74) is 11.0. The third kappa shape index (κ3) is 3.86.